The first-order valence-corrected chi connectivity index (χ1v) is 6.25. The Morgan fingerprint density at radius 3 is 3.16 bits per heavy atom. The number of nitrogens with one attached hydrogen (secondary N) is 1. The minimum atomic E-state index is -0.0725. The smallest absolute Gasteiger partial charge is 0.229 e. The number of hydrogen-bond donors (Lipinski definition) is 1. The maximum Gasteiger partial charge on any atom is 0.229 e. The van der Waals surface area contributed by atoms with Crippen molar-refractivity contribution < 1.29 is 9.53 Å². The fraction of sp³-hybridized carbons (Fsp3) is 0.286. The van der Waals surface area contributed by atoms with Gasteiger partial charge in [0.2, 0.25) is 5.91 Å². The quantitative estimate of drug-likeness (QED) is 0.907. The maximum atomic E-state index is 11.9. The molecule has 19 heavy (non-hydrogen) atoms. The van der Waals surface area contributed by atoms with Crippen LogP contribution in [0.2, 0.25) is 0 Å². The van der Waals surface area contributed by atoms with Crippen molar-refractivity contribution in [2.75, 3.05) is 11.9 Å². The Balaban J connectivity index is 1.66. The highest BCUT2D eigenvalue weighted by Crippen LogP contribution is 2.26. The SMILES string of the molecule is Cn1ccc(NC(=O)Cc2ccc3c(c2)OCC3)n1. The predicted octanol–water partition coefficient (Wildman–Crippen LogP) is 1.54. The summed E-state index contributed by atoms with van der Waals surface area (Å²) in [6, 6.07) is 7.72. The summed E-state index contributed by atoms with van der Waals surface area (Å²) in [7, 11) is 1.81. The molecule has 2 aromatic rings. The Bertz CT molecular complexity index is 619. The molecule has 0 aliphatic carbocycles. The number of aromatic nitrogens is 2. The number of rotatable bonds is 3. The van der Waals surface area contributed by atoms with Gasteiger partial charge in [0.25, 0.3) is 0 Å². The van der Waals surface area contributed by atoms with Crippen LogP contribution >= 0.6 is 0 Å². The summed E-state index contributed by atoms with van der Waals surface area (Å²) in [5.74, 6) is 1.41. The van der Waals surface area contributed by atoms with Gasteiger partial charge in [0.05, 0.1) is 13.0 Å². The number of benzene rings is 1. The third-order valence-corrected chi connectivity index (χ3v) is 3.11. The second-order valence-electron chi connectivity index (χ2n) is 4.64. The molecule has 0 bridgehead atoms. The monoisotopic (exact) mass is 257 g/mol. The van der Waals surface area contributed by atoms with Crippen molar-refractivity contribution in [3.8, 4) is 5.75 Å². The first-order chi connectivity index (χ1) is 9.20. The van der Waals surface area contributed by atoms with Crippen LogP contribution in [0.4, 0.5) is 5.82 Å². The average Bonchev–Trinajstić information content (AvgIpc) is 2.97. The summed E-state index contributed by atoms with van der Waals surface area (Å²) >= 11 is 0. The zero-order valence-corrected chi connectivity index (χ0v) is 10.7. The number of hydrogen-bond acceptors (Lipinski definition) is 3. The molecule has 0 radical (unpaired) electrons. The lowest BCUT2D eigenvalue weighted by Gasteiger charge is -2.04. The molecule has 5 heteroatoms. The van der Waals surface area contributed by atoms with E-state index >= 15 is 0 Å². The molecule has 0 unspecified atom stereocenters. The number of carbonyl (C=O) groups excluding carboxylic acids is 1. The summed E-state index contributed by atoms with van der Waals surface area (Å²) in [6.45, 7) is 0.735. The maximum absolute atomic E-state index is 11.9. The van der Waals surface area contributed by atoms with E-state index in [4.69, 9.17) is 4.74 Å². The van der Waals surface area contributed by atoms with Crippen LogP contribution < -0.4 is 10.1 Å². The van der Waals surface area contributed by atoms with Gasteiger partial charge >= 0.3 is 0 Å². The standard InChI is InChI=1S/C14H15N3O2/c1-17-6-4-13(16-17)15-14(18)9-10-2-3-11-5-7-19-12(11)8-10/h2-4,6,8H,5,7,9H2,1H3,(H,15,16,18). The molecule has 1 aromatic carbocycles. The number of anilines is 1. The van der Waals surface area contributed by atoms with E-state index in [9.17, 15) is 4.79 Å². The molecule has 2 heterocycles. The predicted molar refractivity (Wildman–Crippen MR) is 71.2 cm³/mol. The largest absolute Gasteiger partial charge is 0.493 e. The highest BCUT2D eigenvalue weighted by atomic mass is 16.5. The first kappa shape index (κ1) is 11.8. The van der Waals surface area contributed by atoms with Crippen LogP contribution in [0.3, 0.4) is 0 Å². The van der Waals surface area contributed by atoms with Gasteiger partial charge in [-0.1, -0.05) is 12.1 Å². The Labute approximate surface area is 111 Å². The number of aryl methyl sites for hydroxylation is 1. The summed E-state index contributed by atoms with van der Waals surface area (Å²) < 4.78 is 7.15. The molecular formula is C14H15N3O2. The molecule has 1 aromatic heterocycles. The number of nitrogens with zero attached hydrogens (tertiary/aromatic N) is 2. The second kappa shape index (κ2) is 4.76. The van der Waals surface area contributed by atoms with E-state index in [0.717, 1.165) is 24.3 Å². The van der Waals surface area contributed by atoms with Crippen LogP contribution in [0.5, 0.6) is 5.75 Å². The zero-order chi connectivity index (χ0) is 13.2. The van der Waals surface area contributed by atoms with Crippen molar-refractivity contribution >= 4 is 11.7 Å². The minimum Gasteiger partial charge on any atom is -0.493 e. The molecule has 1 N–H and O–H groups in total. The molecule has 3 rings (SSSR count). The van der Waals surface area contributed by atoms with E-state index in [0.29, 0.717) is 12.2 Å². The van der Waals surface area contributed by atoms with Crippen molar-refractivity contribution in [2.45, 2.75) is 12.8 Å². The Morgan fingerprint density at radius 1 is 1.47 bits per heavy atom. The fourth-order valence-electron chi connectivity index (χ4n) is 2.17. The van der Waals surface area contributed by atoms with Gasteiger partial charge in [-0.3, -0.25) is 9.48 Å². The topological polar surface area (TPSA) is 56.2 Å². The first-order valence-electron chi connectivity index (χ1n) is 6.25. The lowest BCUT2D eigenvalue weighted by Crippen LogP contribution is -2.15. The van der Waals surface area contributed by atoms with Gasteiger partial charge in [-0.15, -0.1) is 0 Å². The molecule has 1 aliphatic rings. The number of amides is 1. The van der Waals surface area contributed by atoms with Crippen LogP contribution in [0.25, 0.3) is 0 Å². The molecule has 5 nitrogen and oxygen atoms in total. The third-order valence-electron chi connectivity index (χ3n) is 3.11. The molecule has 1 aliphatic heterocycles. The van der Waals surface area contributed by atoms with Crippen molar-refractivity contribution in [3.63, 3.8) is 0 Å². The Morgan fingerprint density at radius 2 is 2.37 bits per heavy atom. The van der Waals surface area contributed by atoms with Crippen molar-refractivity contribution in [1.82, 2.24) is 9.78 Å². The molecule has 0 fully saturated rings. The van der Waals surface area contributed by atoms with Crippen LogP contribution in [0, 0.1) is 0 Å². The van der Waals surface area contributed by atoms with Crippen LogP contribution in [-0.2, 0) is 24.7 Å². The molecule has 1 amide bonds. The lowest BCUT2D eigenvalue weighted by molar-refractivity contribution is -0.115. The van der Waals surface area contributed by atoms with E-state index in [1.807, 2.05) is 25.2 Å². The second-order valence-corrected chi connectivity index (χ2v) is 4.64. The van der Waals surface area contributed by atoms with E-state index in [2.05, 4.69) is 10.4 Å². The van der Waals surface area contributed by atoms with Gasteiger partial charge in [0.15, 0.2) is 5.82 Å². The highest BCUT2D eigenvalue weighted by Gasteiger charge is 2.13. The van der Waals surface area contributed by atoms with Gasteiger partial charge in [-0.2, -0.15) is 5.10 Å². The van der Waals surface area contributed by atoms with Crippen molar-refractivity contribution in [2.24, 2.45) is 7.05 Å². The van der Waals surface area contributed by atoms with E-state index < -0.39 is 0 Å². The fourth-order valence-corrected chi connectivity index (χ4v) is 2.17. The molecule has 0 atom stereocenters. The summed E-state index contributed by atoms with van der Waals surface area (Å²) in [5.41, 5.74) is 2.17. The summed E-state index contributed by atoms with van der Waals surface area (Å²) in [6.07, 6.45) is 3.07. The van der Waals surface area contributed by atoms with Gasteiger partial charge in [0, 0.05) is 25.7 Å². The molecule has 98 valence electrons. The third kappa shape index (κ3) is 2.59. The average molecular weight is 257 g/mol. The molecule has 0 saturated carbocycles. The number of ether oxygens (including phenoxy) is 1. The van der Waals surface area contributed by atoms with Gasteiger partial charge in [-0.05, 0) is 17.2 Å². The van der Waals surface area contributed by atoms with Gasteiger partial charge in [-0.25, -0.2) is 0 Å². The van der Waals surface area contributed by atoms with Gasteiger partial charge in [0.1, 0.15) is 5.75 Å². The zero-order valence-electron chi connectivity index (χ0n) is 10.7. The van der Waals surface area contributed by atoms with E-state index in [-0.39, 0.29) is 5.91 Å². The van der Waals surface area contributed by atoms with Crippen LogP contribution in [-0.4, -0.2) is 22.3 Å². The number of carbonyl (C=O) groups is 1. The van der Waals surface area contributed by atoms with E-state index in [1.165, 1.54) is 5.56 Å². The Kier molecular flexibility index (Phi) is 2.95. The van der Waals surface area contributed by atoms with E-state index in [1.54, 1.807) is 16.9 Å². The molecule has 0 spiro atoms. The summed E-state index contributed by atoms with van der Waals surface area (Å²) in [5, 5.41) is 6.88. The molecule has 0 saturated heterocycles. The minimum absolute atomic E-state index is 0.0725. The van der Waals surface area contributed by atoms with Crippen LogP contribution in [0.1, 0.15) is 11.1 Å². The summed E-state index contributed by atoms with van der Waals surface area (Å²) in [4.78, 5) is 11.9. The van der Waals surface area contributed by atoms with Crippen molar-refractivity contribution in [1.29, 1.82) is 0 Å². The lowest BCUT2D eigenvalue weighted by atomic mass is 10.1. The normalized spacial score (nSPS) is 12.9. The Hall–Kier alpha value is -2.30. The highest BCUT2D eigenvalue weighted by molar-refractivity contribution is 5.91. The van der Waals surface area contributed by atoms with Crippen LogP contribution in [0.15, 0.2) is 30.5 Å². The van der Waals surface area contributed by atoms with Gasteiger partial charge < -0.3 is 10.1 Å². The number of fused-ring (bicyclic) bond motifs is 1. The molecular weight excluding hydrogens is 242 g/mol. The van der Waals surface area contributed by atoms with Crippen molar-refractivity contribution in [3.05, 3.63) is 41.6 Å².